The molecular weight excluding hydrogens is 238 g/mol. The Kier molecular flexibility index (Phi) is 2.96. The van der Waals surface area contributed by atoms with Crippen molar-refractivity contribution < 1.29 is 4.42 Å². The summed E-state index contributed by atoms with van der Waals surface area (Å²) in [5.41, 5.74) is 1.53. The number of nitriles is 1. The van der Waals surface area contributed by atoms with E-state index >= 15 is 0 Å². The van der Waals surface area contributed by atoms with Gasteiger partial charge in [0, 0.05) is 11.7 Å². The van der Waals surface area contributed by atoms with Crippen molar-refractivity contribution in [2.45, 2.75) is 32.4 Å². The second kappa shape index (κ2) is 4.77. The maximum Gasteiger partial charge on any atom is 0.130 e. The highest BCUT2D eigenvalue weighted by Crippen LogP contribution is 2.32. The number of aryl methyl sites for hydroxylation is 1. The van der Waals surface area contributed by atoms with Crippen LogP contribution < -0.4 is 4.90 Å². The van der Waals surface area contributed by atoms with E-state index in [0.29, 0.717) is 18.2 Å². The second-order valence-electron chi connectivity index (χ2n) is 4.91. The van der Waals surface area contributed by atoms with E-state index in [9.17, 15) is 0 Å². The number of hydrogen-bond donors (Lipinski definition) is 0. The van der Waals surface area contributed by atoms with Crippen LogP contribution in [0.25, 0.3) is 0 Å². The van der Waals surface area contributed by atoms with E-state index < -0.39 is 0 Å². The molecule has 0 aromatic carbocycles. The SMILES string of the molecule is Cc1cc(C#N)cc(N(Cc2ccco2)C2CC2)n1. The quantitative estimate of drug-likeness (QED) is 0.840. The summed E-state index contributed by atoms with van der Waals surface area (Å²) in [6, 6.07) is 10.2. The number of pyridine rings is 1. The van der Waals surface area contributed by atoms with Crippen molar-refractivity contribution in [3.63, 3.8) is 0 Å². The van der Waals surface area contributed by atoms with Crippen LogP contribution in [0.2, 0.25) is 0 Å². The normalized spacial score (nSPS) is 14.1. The van der Waals surface area contributed by atoms with Crippen LogP contribution >= 0.6 is 0 Å². The zero-order chi connectivity index (χ0) is 13.2. The fourth-order valence-electron chi connectivity index (χ4n) is 2.22. The van der Waals surface area contributed by atoms with Crippen LogP contribution in [-0.4, -0.2) is 11.0 Å². The van der Waals surface area contributed by atoms with Gasteiger partial charge in [0.2, 0.25) is 0 Å². The number of anilines is 1. The van der Waals surface area contributed by atoms with E-state index in [1.165, 1.54) is 12.8 Å². The van der Waals surface area contributed by atoms with E-state index in [1.54, 1.807) is 6.26 Å². The standard InChI is InChI=1S/C15H15N3O/c1-11-7-12(9-16)8-15(17-11)18(13-4-5-13)10-14-3-2-6-19-14/h2-3,6-8,13H,4-5,10H2,1H3. The third-order valence-electron chi connectivity index (χ3n) is 3.26. The molecule has 0 N–H and O–H groups in total. The van der Waals surface area contributed by atoms with Gasteiger partial charge in [0.15, 0.2) is 0 Å². The number of aromatic nitrogens is 1. The second-order valence-corrected chi connectivity index (χ2v) is 4.91. The first-order valence-corrected chi connectivity index (χ1v) is 6.44. The molecule has 1 saturated carbocycles. The molecule has 1 aliphatic rings. The maximum absolute atomic E-state index is 9.06. The van der Waals surface area contributed by atoms with Crippen molar-refractivity contribution in [3.8, 4) is 6.07 Å². The monoisotopic (exact) mass is 253 g/mol. The first-order valence-electron chi connectivity index (χ1n) is 6.44. The third kappa shape index (κ3) is 2.60. The Labute approximate surface area is 112 Å². The molecule has 0 saturated heterocycles. The number of nitrogens with zero attached hydrogens (tertiary/aromatic N) is 3. The van der Waals surface area contributed by atoms with Gasteiger partial charge in [-0.1, -0.05) is 0 Å². The first-order chi connectivity index (χ1) is 9.26. The van der Waals surface area contributed by atoms with Crippen molar-refractivity contribution in [1.29, 1.82) is 5.26 Å². The van der Waals surface area contributed by atoms with Gasteiger partial charge in [0.1, 0.15) is 11.6 Å². The van der Waals surface area contributed by atoms with Gasteiger partial charge in [-0.25, -0.2) is 4.98 Å². The van der Waals surface area contributed by atoms with E-state index in [0.717, 1.165) is 17.3 Å². The smallest absolute Gasteiger partial charge is 0.130 e. The minimum atomic E-state index is 0.519. The van der Waals surface area contributed by atoms with Crippen LogP contribution in [0, 0.1) is 18.3 Å². The molecule has 4 nitrogen and oxygen atoms in total. The fourth-order valence-corrected chi connectivity index (χ4v) is 2.22. The van der Waals surface area contributed by atoms with Crippen LogP contribution in [0.15, 0.2) is 34.9 Å². The highest BCUT2D eigenvalue weighted by molar-refractivity contribution is 5.48. The Morgan fingerprint density at radius 3 is 2.95 bits per heavy atom. The van der Waals surface area contributed by atoms with Gasteiger partial charge in [-0.15, -0.1) is 0 Å². The molecule has 19 heavy (non-hydrogen) atoms. The van der Waals surface area contributed by atoms with Gasteiger partial charge in [0.25, 0.3) is 0 Å². The van der Waals surface area contributed by atoms with Crippen LogP contribution in [0.4, 0.5) is 5.82 Å². The van der Waals surface area contributed by atoms with E-state index in [4.69, 9.17) is 9.68 Å². The number of furan rings is 1. The van der Waals surface area contributed by atoms with Crippen LogP contribution in [0.3, 0.4) is 0 Å². The molecule has 3 rings (SSSR count). The summed E-state index contributed by atoms with van der Waals surface area (Å²) in [4.78, 5) is 6.79. The summed E-state index contributed by atoms with van der Waals surface area (Å²) in [6.45, 7) is 2.63. The largest absolute Gasteiger partial charge is 0.467 e. The number of rotatable bonds is 4. The van der Waals surface area contributed by atoms with Gasteiger partial charge in [-0.05, 0) is 44.0 Å². The van der Waals surface area contributed by atoms with Crippen molar-refractivity contribution in [3.05, 3.63) is 47.5 Å². The van der Waals surface area contributed by atoms with Crippen molar-refractivity contribution in [1.82, 2.24) is 4.98 Å². The first kappa shape index (κ1) is 11.8. The molecule has 1 aliphatic carbocycles. The lowest BCUT2D eigenvalue weighted by Gasteiger charge is -2.22. The maximum atomic E-state index is 9.06. The fraction of sp³-hybridized carbons (Fsp3) is 0.333. The van der Waals surface area contributed by atoms with Crippen molar-refractivity contribution >= 4 is 5.82 Å². The lowest BCUT2D eigenvalue weighted by Crippen LogP contribution is -2.26. The van der Waals surface area contributed by atoms with E-state index in [2.05, 4.69) is 16.0 Å². The molecule has 0 spiro atoms. The van der Waals surface area contributed by atoms with Crippen molar-refractivity contribution in [2.24, 2.45) is 0 Å². The Bertz CT molecular complexity index is 609. The molecule has 96 valence electrons. The molecule has 2 aromatic rings. The molecular formula is C15H15N3O. The average molecular weight is 253 g/mol. The molecule has 0 radical (unpaired) electrons. The number of hydrogen-bond acceptors (Lipinski definition) is 4. The molecule has 0 amide bonds. The van der Waals surface area contributed by atoms with E-state index in [1.807, 2.05) is 31.2 Å². The van der Waals surface area contributed by atoms with Crippen LogP contribution in [-0.2, 0) is 6.54 Å². The Hall–Kier alpha value is -2.28. The lowest BCUT2D eigenvalue weighted by molar-refractivity contribution is 0.500. The van der Waals surface area contributed by atoms with Gasteiger partial charge < -0.3 is 9.32 Å². The van der Waals surface area contributed by atoms with Gasteiger partial charge in [0.05, 0.1) is 24.4 Å². The van der Waals surface area contributed by atoms with Gasteiger partial charge >= 0.3 is 0 Å². The Morgan fingerprint density at radius 2 is 2.32 bits per heavy atom. The predicted octanol–water partition coefficient (Wildman–Crippen LogP) is 3.02. The molecule has 0 unspecified atom stereocenters. The third-order valence-corrected chi connectivity index (χ3v) is 3.26. The summed E-state index contributed by atoms with van der Waals surface area (Å²) in [5.74, 6) is 1.80. The topological polar surface area (TPSA) is 53.1 Å². The molecule has 1 fully saturated rings. The predicted molar refractivity (Wildman–Crippen MR) is 71.6 cm³/mol. The summed E-state index contributed by atoms with van der Waals surface area (Å²) in [7, 11) is 0. The highest BCUT2D eigenvalue weighted by Gasteiger charge is 2.30. The Morgan fingerprint density at radius 1 is 1.47 bits per heavy atom. The molecule has 2 heterocycles. The molecule has 4 heteroatoms. The minimum Gasteiger partial charge on any atom is -0.467 e. The van der Waals surface area contributed by atoms with Gasteiger partial charge in [-0.3, -0.25) is 0 Å². The van der Waals surface area contributed by atoms with Crippen LogP contribution in [0.1, 0.15) is 29.9 Å². The van der Waals surface area contributed by atoms with E-state index in [-0.39, 0.29) is 0 Å². The molecule has 0 bridgehead atoms. The minimum absolute atomic E-state index is 0.519. The lowest BCUT2D eigenvalue weighted by atomic mass is 10.2. The van der Waals surface area contributed by atoms with Gasteiger partial charge in [-0.2, -0.15) is 5.26 Å². The summed E-state index contributed by atoms with van der Waals surface area (Å²) in [5, 5.41) is 9.06. The molecule has 0 atom stereocenters. The molecule has 0 aliphatic heterocycles. The zero-order valence-electron chi connectivity index (χ0n) is 10.8. The Balaban J connectivity index is 1.92. The zero-order valence-corrected chi connectivity index (χ0v) is 10.8. The summed E-state index contributed by atoms with van der Waals surface area (Å²) < 4.78 is 5.42. The summed E-state index contributed by atoms with van der Waals surface area (Å²) in [6.07, 6.45) is 4.04. The summed E-state index contributed by atoms with van der Waals surface area (Å²) >= 11 is 0. The van der Waals surface area contributed by atoms with Crippen molar-refractivity contribution in [2.75, 3.05) is 4.90 Å². The van der Waals surface area contributed by atoms with Crippen LogP contribution in [0.5, 0.6) is 0 Å². The highest BCUT2D eigenvalue weighted by atomic mass is 16.3. The molecule has 2 aromatic heterocycles. The average Bonchev–Trinajstić information content (AvgIpc) is 3.12.